The van der Waals surface area contributed by atoms with Gasteiger partial charge in [-0.1, -0.05) is 0 Å². The Balaban J connectivity index is 0.000000720. The molecule has 2 aromatic rings. The summed E-state index contributed by atoms with van der Waals surface area (Å²) in [4.78, 5) is 7.94. The molecule has 0 unspecified atom stereocenters. The lowest BCUT2D eigenvalue weighted by atomic mass is 10.5. The molecule has 0 radical (unpaired) electrons. The van der Waals surface area contributed by atoms with E-state index in [0.717, 1.165) is 0 Å². The third-order valence-electron chi connectivity index (χ3n) is 1.57. The zero-order valence-corrected chi connectivity index (χ0v) is 7.25. The van der Waals surface area contributed by atoms with Crippen LogP contribution in [0.25, 0.3) is 5.65 Å². The van der Waals surface area contributed by atoms with Crippen LogP contribution in [0.15, 0.2) is 18.6 Å². The van der Waals surface area contributed by atoms with E-state index in [4.69, 9.17) is 0 Å². The standard InChI is InChI=1S/C7H7N3O.ClH/c1-5-7(11)10-3-2-8-4-6(10)9-5;/h2-4,11H,1H3;1H. The third-order valence-corrected chi connectivity index (χ3v) is 1.57. The summed E-state index contributed by atoms with van der Waals surface area (Å²) in [6.07, 6.45) is 4.88. The van der Waals surface area contributed by atoms with E-state index in [0.29, 0.717) is 11.3 Å². The van der Waals surface area contributed by atoms with Crippen LogP contribution in [0.5, 0.6) is 5.88 Å². The molecule has 0 bridgehead atoms. The van der Waals surface area contributed by atoms with Gasteiger partial charge in [0, 0.05) is 12.4 Å². The molecule has 64 valence electrons. The minimum absolute atomic E-state index is 0. The van der Waals surface area contributed by atoms with Crippen molar-refractivity contribution in [3.05, 3.63) is 24.3 Å². The van der Waals surface area contributed by atoms with Crippen molar-refractivity contribution in [3.8, 4) is 5.88 Å². The van der Waals surface area contributed by atoms with Crippen molar-refractivity contribution in [2.45, 2.75) is 6.92 Å². The fraction of sp³-hybridized carbons (Fsp3) is 0.143. The quantitative estimate of drug-likeness (QED) is 0.670. The first kappa shape index (κ1) is 8.80. The Labute approximate surface area is 75.3 Å². The number of halogens is 1. The highest BCUT2D eigenvalue weighted by atomic mass is 35.5. The lowest BCUT2D eigenvalue weighted by Crippen LogP contribution is -1.82. The zero-order chi connectivity index (χ0) is 7.84. The first-order valence-corrected chi connectivity index (χ1v) is 3.26. The summed E-state index contributed by atoms with van der Waals surface area (Å²) in [5, 5.41) is 9.37. The highest BCUT2D eigenvalue weighted by molar-refractivity contribution is 5.85. The van der Waals surface area contributed by atoms with Gasteiger partial charge in [0.05, 0.1) is 6.20 Å². The van der Waals surface area contributed by atoms with Crippen LogP contribution in [0.2, 0.25) is 0 Å². The average molecular weight is 186 g/mol. The fourth-order valence-corrected chi connectivity index (χ4v) is 1.01. The number of aromatic nitrogens is 3. The summed E-state index contributed by atoms with van der Waals surface area (Å²) in [5.41, 5.74) is 1.29. The van der Waals surface area contributed by atoms with Gasteiger partial charge in [-0.2, -0.15) is 0 Å². The van der Waals surface area contributed by atoms with Crippen molar-refractivity contribution in [1.29, 1.82) is 0 Å². The first-order valence-electron chi connectivity index (χ1n) is 3.26. The molecule has 0 saturated carbocycles. The molecule has 2 heterocycles. The minimum Gasteiger partial charge on any atom is -0.493 e. The highest BCUT2D eigenvalue weighted by Crippen LogP contribution is 2.15. The highest BCUT2D eigenvalue weighted by Gasteiger charge is 2.04. The molecule has 0 aliphatic rings. The van der Waals surface area contributed by atoms with Crippen LogP contribution in [0.4, 0.5) is 0 Å². The third kappa shape index (κ3) is 1.10. The number of rotatable bonds is 0. The molecule has 5 heteroatoms. The number of hydrogen-bond donors (Lipinski definition) is 1. The molecule has 4 nitrogen and oxygen atoms in total. The summed E-state index contributed by atoms with van der Waals surface area (Å²) in [7, 11) is 0. The number of fused-ring (bicyclic) bond motifs is 1. The number of imidazole rings is 1. The van der Waals surface area contributed by atoms with Gasteiger partial charge in [0.1, 0.15) is 5.69 Å². The number of aryl methyl sites for hydroxylation is 1. The largest absolute Gasteiger partial charge is 0.493 e. The monoisotopic (exact) mass is 185 g/mol. The molecule has 0 amide bonds. The molecule has 0 aliphatic carbocycles. The SMILES string of the molecule is Cc1nc2cnccn2c1O.Cl. The van der Waals surface area contributed by atoms with E-state index in [2.05, 4.69) is 9.97 Å². The Hall–Kier alpha value is -1.29. The van der Waals surface area contributed by atoms with Crippen LogP contribution < -0.4 is 0 Å². The second kappa shape index (κ2) is 2.98. The van der Waals surface area contributed by atoms with Crippen LogP contribution >= 0.6 is 12.4 Å². The van der Waals surface area contributed by atoms with Gasteiger partial charge in [-0.05, 0) is 6.92 Å². The van der Waals surface area contributed by atoms with Gasteiger partial charge in [-0.25, -0.2) is 4.98 Å². The Kier molecular flexibility index (Phi) is 2.19. The Morgan fingerprint density at radius 3 is 2.92 bits per heavy atom. The summed E-state index contributed by atoms with van der Waals surface area (Å²) in [6, 6.07) is 0. The van der Waals surface area contributed by atoms with Crippen molar-refractivity contribution >= 4 is 18.1 Å². The van der Waals surface area contributed by atoms with Gasteiger partial charge in [-0.15, -0.1) is 12.4 Å². The van der Waals surface area contributed by atoms with E-state index in [9.17, 15) is 5.11 Å². The van der Waals surface area contributed by atoms with Crippen molar-refractivity contribution in [2.75, 3.05) is 0 Å². The second-order valence-corrected chi connectivity index (χ2v) is 2.33. The molecular weight excluding hydrogens is 178 g/mol. The van der Waals surface area contributed by atoms with Gasteiger partial charge in [0.25, 0.3) is 0 Å². The van der Waals surface area contributed by atoms with Crippen LogP contribution in [0.3, 0.4) is 0 Å². The van der Waals surface area contributed by atoms with Crippen LogP contribution in [-0.4, -0.2) is 19.5 Å². The maximum absolute atomic E-state index is 9.37. The van der Waals surface area contributed by atoms with E-state index < -0.39 is 0 Å². The van der Waals surface area contributed by atoms with Crippen LogP contribution in [0.1, 0.15) is 5.69 Å². The summed E-state index contributed by atoms with van der Waals surface area (Å²) in [6.45, 7) is 1.75. The molecule has 0 atom stereocenters. The molecule has 12 heavy (non-hydrogen) atoms. The first-order chi connectivity index (χ1) is 5.29. The molecule has 0 aliphatic heterocycles. The Morgan fingerprint density at radius 2 is 2.25 bits per heavy atom. The minimum atomic E-state index is 0. The molecule has 0 aromatic carbocycles. The normalized spacial score (nSPS) is 9.75. The van der Waals surface area contributed by atoms with Gasteiger partial charge in [0.15, 0.2) is 5.65 Å². The van der Waals surface area contributed by atoms with E-state index in [1.54, 1.807) is 29.9 Å². The number of aromatic hydroxyl groups is 1. The van der Waals surface area contributed by atoms with Crippen molar-refractivity contribution < 1.29 is 5.11 Å². The number of hydrogen-bond acceptors (Lipinski definition) is 3. The number of nitrogens with zero attached hydrogens (tertiary/aromatic N) is 3. The molecule has 1 N–H and O–H groups in total. The molecule has 0 saturated heterocycles. The van der Waals surface area contributed by atoms with E-state index in [1.165, 1.54) is 0 Å². The van der Waals surface area contributed by atoms with Crippen molar-refractivity contribution in [1.82, 2.24) is 14.4 Å². The average Bonchev–Trinajstić information content (AvgIpc) is 2.30. The van der Waals surface area contributed by atoms with E-state index >= 15 is 0 Å². The lowest BCUT2D eigenvalue weighted by molar-refractivity contribution is 0.444. The van der Waals surface area contributed by atoms with Gasteiger partial charge in [0.2, 0.25) is 5.88 Å². The van der Waals surface area contributed by atoms with E-state index in [1.807, 2.05) is 0 Å². The molecule has 2 aromatic heterocycles. The van der Waals surface area contributed by atoms with E-state index in [-0.39, 0.29) is 18.3 Å². The van der Waals surface area contributed by atoms with Crippen LogP contribution in [-0.2, 0) is 0 Å². The van der Waals surface area contributed by atoms with Gasteiger partial charge in [-0.3, -0.25) is 9.38 Å². The summed E-state index contributed by atoms with van der Waals surface area (Å²) < 4.78 is 1.59. The molecule has 0 spiro atoms. The smallest absolute Gasteiger partial charge is 0.219 e. The zero-order valence-electron chi connectivity index (χ0n) is 6.43. The predicted molar refractivity (Wildman–Crippen MR) is 46.6 cm³/mol. The lowest BCUT2D eigenvalue weighted by Gasteiger charge is -1.90. The topological polar surface area (TPSA) is 50.4 Å². The summed E-state index contributed by atoms with van der Waals surface area (Å²) >= 11 is 0. The van der Waals surface area contributed by atoms with Gasteiger partial charge < -0.3 is 5.11 Å². The Bertz CT molecular complexity index is 398. The molecule has 0 fully saturated rings. The van der Waals surface area contributed by atoms with Crippen LogP contribution in [0, 0.1) is 6.92 Å². The predicted octanol–water partition coefficient (Wildman–Crippen LogP) is 1.17. The van der Waals surface area contributed by atoms with Gasteiger partial charge >= 0.3 is 0 Å². The molecule has 2 rings (SSSR count). The maximum atomic E-state index is 9.37. The van der Waals surface area contributed by atoms with Crippen molar-refractivity contribution in [3.63, 3.8) is 0 Å². The summed E-state index contributed by atoms with van der Waals surface area (Å²) in [5.74, 6) is 0.183. The molecular formula is C7H8ClN3O. The fourth-order valence-electron chi connectivity index (χ4n) is 1.01. The second-order valence-electron chi connectivity index (χ2n) is 2.33. The Morgan fingerprint density at radius 1 is 1.50 bits per heavy atom. The van der Waals surface area contributed by atoms with Crippen molar-refractivity contribution in [2.24, 2.45) is 0 Å². The maximum Gasteiger partial charge on any atom is 0.219 e.